The molecule has 0 aromatic heterocycles. The van der Waals surface area contributed by atoms with Gasteiger partial charge < -0.3 is 29.9 Å². The lowest BCUT2D eigenvalue weighted by Gasteiger charge is -2.35. The first-order valence-electron chi connectivity index (χ1n) is 11.3. The summed E-state index contributed by atoms with van der Waals surface area (Å²) in [5.41, 5.74) is 2.38. The van der Waals surface area contributed by atoms with Gasteiger partial charge in [-0.2, -0.15) is 0 Å². The Morgan fingerprint density at radius 2 is 1.81 bits per heavy atom. The second kappa shape index (κ2) is 10.5. The summed E-state index contributed by atoms with van der Waals surface area (Å²) in [7, 11) is 1.71. The Kier molecular flexibility index (Phi) is 7.32. The van der Waals surface area contributed by atoms with E-state index in [0.29, 0.717) is 31.4 Å². The third kappa shape index (κ3) is 5.43. The van der Waals surface area contributed by atoms with Crippen LogP contribution in [0.4, 0.5) is 15.8 Å². The Morgan fingerprint density at radius 1 is 1.03 bits per heavy atom. The number of likely N-dealkylation sites (N-methyl/N-ethyl adjacent to an activating group) is 1. The van der Waals surface area contributed by atoms with Crippen molar-refractivity contribution >= 4 is 17.3 Å². The highest BCUT2D eigenvalue weighted by Gasteiger charge is 2.18. The zero-order valence-corrected chi connectivity index (χ0v) is 18.9. The maximum Gasteiger partial charge on any atom is 0.195 e. The molecule has 2 aliphatic heterocycles. The van der Waals surface area contributed by atoms with E-state index in [1.54, 1.807) is 13.1 Å². The van der Waals surface area contributed by atoms with Gasteiger partial charge in [-0.25, -0.2) is 4.39 Å². The Bertz CT molecular complexity index is 944. The molecule has 1 saturated heterocycles. The van der Waals surface area contributed by atoms with E-state index in [4.69, 9.17) is 9.47 Å². The molecule has 0 amide bonds. The van der Waals surface area contributed by atoms with E-state index in [9.17, 15) is 4.39 Å². The van der Waals surface area contributed by atoms with Crippen molar-refractivity contribution in [3.63, 3.8) is 0 Å². The highest BCUT2D eigenvalue weighted by Crippen LogP contribution is 2.32. The molecule has 32 heavy (non-hydrogen) atoms. The number of nitrogens with one attached hydrogen (secondary N) is 2. The summed E-state index contributed by atoms with van der Waals surface area (Å²) in [5.74, 6) is 1.89. The number of nitrogens with zero attached hydrogens (tertiary/aromatic N) is 3. The summed E-state index contributed by atoms with van der Waals surface area (Å²) in [6.45, 7) is 8.63. The van der Waals surface area contributed by atoms with Crippen LogP contribution in [0.2, 0.25) is 0 Å². The quantitative estimate of drug-likeness (QED) is 0.548. The van der Waals surface area contributed by atoms with Gasteiger partial charge >= 0.3 is 0 Å². The first kappa shape index (κ1) is 22.2. The third-order valence-electron chi connectivity index (χ3n) is 5.87. The van der Waals surface area contributed by atoms with Crippen LogP contribution in [0.5, 0.6) is 11.5 Å². The number of piperazine rings is 1. The van der Waals surface area contributed by atoms with Crippen molar-refractivity contribution in [1.29, 1.82) is 0 Å². The molecule has 0 saturated carbocycles. The normalized spacial score (nSPS) is 17.1. The van der Waals surface area contributed by atoms with Crippen molar-refractivity contribution in [2.24, 2.45) is 4.99 Å². The Labute approximate surface area is 189 Å². The molecule has 0 aliphatic carbocycles. The summed E-state index contributed by atoms with van der Waals surface area (Å²) >= 11 is 0. The number of fused-ring (bicyclic) bond motifs is 1. The number of anilines is 2. The molecule has 2 aromatic carbocycles. The van der Waals surface area contributed by atoms with Crippen molar-refractivity contribution in [2.75, 3.05) is 63.2 Å². The first-order valence-corrected chi connectivity index (χ1v) is 11.3. The Morgan fingerprint density at radius 3 is 2.53 bits per heavy atom. The minimum atomic E-state index is -0.180. The lowest BCUT2D eigenvalue weighted by atomic mass is 10.1. The van der Waals surface area contributed by atoms with Crippen molar-refractivity contribution in [1.82, 2.24) is 10.2 Å². The van der Waals surface area contributed by atoms with Crippen molar-refractivity contribution < 1.29 is 13.9 Å². The van der Waals surface area contributed by atoms with E-state index >= 15 is 0 Å². The van der Waals surface area contributed by atoms with Gasteiger partial charge in [-0.1, -0.05) is 13.0 Å². The van der Waals surface area contributed by atoms with Crippen LogP contribution in [0.1, 0.15) is 18.9 Å². The van der Waals surface area contributed by atoms with E-state index in [-0.39, 0.29) is 5.82 Å². The van der Waals surface area contributed by atoms with Crippen molar-refractivity contribution in [3.8, 4) is 11.5 Å². The molecule has 2 N–H and O–H groups in total. The second-order valence-electron chi connectivity index (χ2n) is 7.97. The van der Waals surface area contributed by atoms with Crippen LogP contribution in [0.15, 0.2) is 41.4 Å². The van der Waals surface area contributed by atoms with E-state index in [1.807, 2.05) is 30.3 Å². The Hall–Kier alpha value is -3.00. The molecule has 0 atom stereocenters. The topological polar surface area (TPSA) is 61.4 Å². The van der Waals surface area contributed by atoms with Gasteiger partial charge in [0.15, 0.2) is 17.5 Å². The lowest BCUT2D eigenvalue weighted by Crippen LogP contribution is -2.46. The van der Waals surface area contributed by atoms with Crippen LogP contribution in [-0.4, -0.2) is 63.8 Å². The Balaban J connectivity index is 1.34. The SMILES string of the molecule is CCN1CCN(c2ccc(CNC(=NC)Nc3ccc4c(c3)OCCCO4)cc2F)CC1. The molecule has 0 unspecified atom stereocenters. The van der Waals surface area contributed by atoms with Crippen LogP contribution in [-0.2, 0) is 6.54 Å². The van der Waals surface area contributed by atoms with Crippen LogP contribution in [0.25, 0.3) is 0 Å². The molecule has 2 aromatic rings. The average molecular weight is 442 g/mol. The summed E-state index contributed by atoms with van der Waals surface area (Å²) in [6, 6.07) is 11.2. The molecule has 7 nitrogen and oxygen atoms in total. The average Bonchev–Trinajstić information content (AvgIpc) is 3.07. The van der Waals surface area contributed by atoms with E-state index < -0.39 is 0 Å². The minimum absolute atomic E-state index is 0.180. The van der Waals surface area contributed by atoms with Crippen LogP contribution in [0, 0.1) is 5.82 Å². The maximum absolute atomic E-state index is 14.8. The number of benzene rings is 2. The number of hydrogen-bond acceptors (Lipinski definition) is 5. The fourth-order valence-electron chi connectivity index (χ4n) is 3.96. The fourth-order valence-corrected chi connectivity index (χ4v) is 3.96. The summed E-state index contributed by atoms with van der Waals surface area (Å²) in [6.07, 6.45) is 0.866. The molecule has 1 fully saturated rings. The second-order valence-corrected chi connectivity index (χ2v) is 7.97. The van der Waals surface area contributed by atoms with Crippen LogP contribution in [0.3, 0.4) is 0 Å². The monoisotopic (exact) mass is 441 g/mol. The molecule has 8 heteroatoms. The number of hydrogen-bond donors (Lipinski definition) is 2. The minimum Gasteiger partial charge on any atom is -0.490 e. The number of ether oxygens (including phenoxy) is 2. The number of guanidine groups is 1. The van der Waals surface area contributed by atoms with Gasteiger partial charge in [-0.15, -0.1) is 0 Å². The van der Waals surface area contributed by atoms with E-state index in [2.05, 4.69) is 32.3 Å². The summed E-state index contributed by atoms with van der Waals surface area (Å²) < 4.78 is 26.2. The van der Waals surface area contributed by atoms with Crippen molar-refractivity contribution in [3.05, 3.63) is 47.8 Å². The number of rotatable bonds is 5. The van der Waals surface area contributed by atoms with E-state index in [1.165, 1.54) is 0 Å². The number of halogens is 1. The van der Waals surface area contributed by atoms with Gasteiger partial charge in [-0.05, 0) is 36.4 Å². The third-order valence-corrected chi connectivity index (χ3v) is 5.87. The molecule has 2 heterocycles. The standard InChI is InChI=1S/C24H32FN5O2/c1-3-29-9-11-30(12-10-29)21-7-5-18(15-20(21)25)17-27-24(26-2)28-19-6-8-22-23(16-19)32-14-4-13-31-22/h5-8,15-16H,3-4,9-14,17H2,1-2H3,(H2,26,27,28). The predicted molar refractivity (Wildman–Crippen MR) is 127 cm³/mol. The van der Waals surface area contributed by atoms with Crippen LogP contribution < -0.4 is 25.0 Å². The van der Waals surface area contributed by atoms with Gasteiger partial charge in [0.1, 0.15) is 5.82 Å². The molecule has 0 radical (unpaired) electrons. The highest BCUT2D eigenvalue weighted by atomic mass is 19.1. The van der Waals surface area contributed by atoms with Gasteiger partial charge in [0.05, 0.1) is 18.9 Å². The summed E-state index contributed by atoms with van der Waals surface area (Å²) in [5, 5.41) is 6.50. The fraction of sp³-hybridized carbons (Fsp3) is 0.458. The predicted octanol–water partition coefficient (Wildman–Crippen LogP) is 3.32. The summed E-state index contributed by atoms with van der Waals surface area (Å²) in [4.78, 5) is 8.79. The van der Waals surface area contributed by atoms with Crippen LogP contribution >= 0.6 is 0 Å². The molecule has 0 spiro atoms. The smallest absolute Gasteiger partial charge is 0.195 e. The van der Waals surface area contributed by atoms with Gasteiger partial charge in [0.2, 0.25) is 0 Å². The molecular weight excluding hydrogens is 409 g/mol. The molecule has 4 rings (SSSR count). The van der Waals surface area contributed by atoms with Gasteiger partial charge in [0.25, 0.3) is 0 Å². The largest absolute Gasteiger partial charge is 0.490 e. The molecule has 172 valence electrons. The first-order chi connectivity index (χ1) is 15.7. The molecular formula is C24H32FN5O2. The van der Waals surface area contributed by atoms with Gasteiger partial charge in [-0.3, -0.25) is 4.99 Å². The highest BCUT2D eigenvalue weighted by molar-refractivity contribution is 5.93. The molecule has 0 bridgehead atoms. The van der Waals surface area contributed by atoms with Gasteiger partial charge in [0, 0.05) is 57.9 Å². The van der Waals surface area contributed by atoms with E-state index in [0.717, 1.165) is 61.9 Å². The van der Waals surface area contributed by atoms with Crippen molar-refractivity contribution in [2.45, 2.75) is 19.9 Å². The maximum atomic E-state index is 14.8. The molecule has 2 aliphatic rings. The number of aliphatic imine (C=N–C) groups is 1. The zero-order chi connectivity index (χ0) is 22.3. The zero-order valence-electron chi connectivity index (χ0n) is 18.9. The lowest BCUT2D eigenvalue weighted by molar-refractivity contribution is 0.270.